The molecule has 0 amide bonds. The zero-order chi connectivity index (χ0) is 15.8. The first kappa shape index (κ1) is 16.1. The summed E-state index contributed by atoms with van der Waals surface area (Å²) < 4.78 is 13.4. The third kappa shape index (κ3) is 4.92. The summed E-state index contributed by atoms with van der Waals surface area (Å²) >= 11 is 0. The molecular weight excluding hydrogens is 275 g/mol. The summed E-state index contributed by atoms with van der Waals surface area (Å²) in [4.78, 5) is 0. The molecule has 22 heavy (non-hydrogen) atoms. The summed E-state index contributed by atoms with van der Waals surface area (Å²) in [6.45, 7) is 3.93. The molecule has 0 bridgehead atoms. The van der Waals surface area contributed by atoms with Crippen molar-refractivity contribution in [2.75, 3.05) is 0 Å². The molecule has 0 atom stereocenters. The maximum absolute atomic E-state index is 13.4. The zero-order valence-electron chi connectivity index (χ0n) is 13.1. The normalized spacial score (nSPS) is 11.6. The van der Waals surface area contributed by atoms with Crippen LogP contribution in [-0.2, 0) is 6.42 Å². The molecule has 0 unspecified atom stereocenters. The first-order chi connectivity index (χ1) is 10.7. The first-order valence-corrected chi connectivity index (χ1v) is 7.60. The van der Waals surface area contributed by atoms with Gasteiger partial charge in [0.05, 0.1) is 12.4 Å². The predicted octanol–water partition coefficient (Wildman–Crippen LogP) is 4.93. The Morgan fingerprint density at radius 3 is 2.23 bits per heavy atom. The summed E-state index contributed by atoms with van der Waals surface area (Å²) in [5, 5.41) is 7.96. The summed E-state index contributed by atoms with van der Waals surface area (Å²) in [5.74, 6) is -0.226. The van der Waals surface area contributed by atoms with E-state index in [-0.39, 0.29) is 5.82 Å². The molecule has 0 spiro atoms. The highest BCUT2D eigenvalue weighted by molar-refractivity contribution is 5.82. The molecule has 3 heteroatoms. The van der Waals surface area contributed by atoms with Gasteiger partial charge in [0.2, 0.25) is 0 Å². The second kappa shape index (κ2) is 8.23. The van der Waals surface area contributed by atoms with Crippen LogP contribution in [0, 0.1) is 12.7 Å². The van der Waals surface area contributed by atoms with E-state index in [9.17, 15) is 4.39 Å². The van der Waals surface area contributed by atoms with Gasteiger partial charge in [-0.15, -0.1) is 0 Å². The minimum Gasteiger partial charge on any atom is -0.207 e. The number of halogens is 1. The van der Waals surface area contributed by atoms with Gasteiger partial charge in [-0.05, 0) is 48.1 Å². The van der Waals surface area contributed by atoms with E-state index in [1.54, 1.807) is 25.4 Å². The minimum absolute atomic E-state index is 0.226. The van der Waals surface area contributed by atoms with Crippen molar-refractivity contribution in [3.05, 3.63) is 70.5 Å². The van der Waals surface area contributed by atoms with Crippen LogP contribution in [0.3, 0.4) is 0 Å². The average Bonchev–Trinajstić information content (AvgIpc) is 2.54. The Bertz CT molecular complexity index is 658. The van der Waals surface area contributed by atoms with Crippen LogP contribution in [-0.4, -0.2) is 12.4 Å². The summed E-state index contributed by atoms with van der Waals surface area (Å²) in [5.41, 5.74) is 3.68. The van der Waals surface area contributed by atoms with E-state index in [2.05, 4.69) is 29.3 Å². The van der Waals surface area contributed by atoms with E-state index < -0.39 is 0 Å². The summed E-state index contributed by atoms with van der Waals surface area (Å²) in [7, 11) is 0. The molecule has 0 aliphatic heterocycles. The largest absolute Gasteiger partial charge is 0.207 e. The minimum atomic E-state index is -0.226. The van der Waals surface area contributed by atoms with Gasteiger partial charge in [0.1, 0.15) is 5.82 Å². The Morgan fingerprint density at radius 1 is 0.955 bits per heavy atom. The lowest BCUT2D eigenvalue weighted by molar-refractivity contribution is 0.618. The summed E-state index contributed by atoms with van der Waals surface area (Å²) in [6.07, 6.45) is 6.78. The second-order valence-electron chi connectivity index (χ2n) is 5.34. The number of nitrogens with zero attached hydrogens (tertiary/aromatic N) is 2. The van der Waals surface area contributed by atoms with Crippen LogP contribution in [0.1, 0.15) is 42.0 Å². The van der Waals surface area contributed by atoms with Crippen molar-refractivity contribution >= 4 is 12.4 Å². The quantitative estimate of drug-likeness (QED) is 0.533. The number of rotatable bonds is 6. The van der Waals surface area contributed by atoms with Crippen LogP contribution in [0.25, 0.3) is 0 Å². The molecular formula is C19H21FN2. The average molecular weight is 296 g/mol. The maximum atomic E-state index is 13.4. The number of benzene rings is 2. The third-order valence-corrected chi connectivity index (χ3v) is 3.47. The van der Waals surface area contributed by atoms with E-state index in [1.807, 2.05) is 18.2 Å². The highest BCUT2D eigenvalue weighted by Crippen LogP contribution is 2.08. The summed E-state index contributed by atoms with van der Waals surface area (Å²) in [6, 6.07) is 13.3. The zero-order valence-corrected chi connectivity index (χ0v) is 13.1. The smallest absolute Gasteiger partial charge is 0.126 e. The highest BCUT2D eigenvalue weighted by atomic mass is 19.1. The van der Waals surface area contributed by atoms with Crippen molar-refractivity contribution < 1.29 is 4.39 Å². The molecule has 0 aromatic heterocycles. The molecule has 2 aromatic rings. The van der Waals surface area contributed by atoms with Gasteiger partial charge in [-0.1, -0.05) is 49.7 Å². The molecule has 0 heterocycles. The molecule has 2 rings (SSSR count). The monoisotopic (exact) mass is 296 g/mol. The van der Waals surface area contributed by atoms with E-state index in [0.29, 0.717) is 11.1 Å². The fourth-order valence-corrected chi connectivity index (χ4v) is 2.04. The maximum Gasteiger partial charge on any atom is 0.126 e. The molecule has 0 aliphatic carbocycles. The molecule has 114 valence electrons. The molecule has 0 N–H and O–H groups in total. The van der Waals surface area contributed by atoms with E-state index in [4.69, 9.17) is 0 Å². The van der Waals surface area contributed by atoms with Gasteiger partial charge in [0, 0.05) is 0 Å². The number of unbranched alkanes of at least 4 members (excludes halogenated alkanes) is 1. The molecule has 0 saturated carbocycles. The number of aryl methyl sites for hydroxylation is 2. The standard InChI is InChI=1S/C19H21FN2/c1-3-4-5-16-8-10-17(11-9-16)13-21-22-14-18-7-6-15(2)19(20)12-18/h6-14H,3-5H2,1-2H3. The molecule has 0 fully saturated rings. The van der Waals surface area contributed by atoms with Crippen molar-refractivity contribution in [2.24, 2.45) is 10.2 Å². The van der Waals surface area contributed by atoms with Gasteiger partial charge in [-0.3, -0.25) is 0 Å². The van der Waals surface area contributed by atoms with Crippen LogP contribution in [0.4, 0.5) is 4.39 Å². The van der Waals surface area contributed by atoms with Crippen molar-refractivity contribution in [2.45, 2.75) is 33.1 Å². The van der Waals surface area contributed by atoms with E-state index >= 15 is 0 Å². The lowest BCUT2D eigenvalue weighted by Gasteiger charge is -1.99. The number of hydrogen-bond donors (Lipinski definition) is 0. The molecule has 0 saturated heterocycles. The van der Waals surface area contributed by atoms with Crippen LogP contribution >= 0.6 is 0 Å². The van der Waals surface area contributed by atoms with Crippen molar-refractivity contribution in [1.82, 2.24) is 0 Å². The Kier molecular flexibility index (Phi) is 6.01. The van der Waals surface area contributed by atoms with E-state index in [0.717, 1.165) is 12.0 Å². The van der Waals surface area contributed by atoms with Gasteiger partial charge in [0.15, 0.2) is 0 Å². The van der Waals surface area contributed by atoms with E-state index in [1.165, 1.54) is 24.5 Å². The van der Waals surface area contributed by atoms with Crippen molar-refractivity contribution in [3.8, 4) is 0 Å². The predicted molar refractivity (Wildman–Crippen MR) is 91.4 cm³/mol. The SMILES string of the molecule is CCCCc1ccc(C=NN=Cc2ccc(C)c(F)c2)cc1. The lowest BCUT2D eigenvalue weighted by Crippen LogP contribution is -1.87. The Labute approximate surface area is 131 Å². The first-order valence-electron chi connectivity index (χ1n) is 7.60. The Morgan fingerprint density at radius 2 is 1.59 bits per heavy atom. The third-order valence-electron chi connectivity index (χ3n) is 3.47. The number of hydrogen-bond acceptors (Lipinski definition) is 2. The fraction of sp³-hybridized carbons (Fsp3) is 0.263. The van der Waals surface area contributed by atoms with Gasteiger partial charge in [0.25, 0.3) is 0 Å². The molecule has 0 radical (unpaired) electrons. The van der Waals surface area contributed by atoms with Crippen LogP contribution in [0.5, 0.6) is 0 Å². The van der Waals surface area contributed by atoms with Gasteiger partial charge < -0.3 is 0 Å². The van der Waals surface area contributed by atoms with Crippen molar-refractivity contribution in [3.63, 3.8) is 0 Å². The van der Waals surface area contributed by atoms with Gasteiger partial charge >= 0.3 is 0 Å². The van der Waals surface area contributed by atoms with Gasteiger partial charge in [-0.25, -0.2) is 4.39 Å². The molecule has 2 aromatic carbocycles. The molecule has 2 nitrogen and oxygen atoms in total. The fourth-order valence-electron chi connectivity index (χ4n) is 2.04. The van der Waals surface area contributed by atoms with Gasteiger partial charge in [-0.2, -0.15) is 10.2 Å². The molecule has 0 aliphatic rings. The Hall–Kier alpha value is -2.29. The Balaban J connectivity index is 1.93. The topological polar surface area (TPSA) is 24.7 Å². The van der Waals surface area contributed by atoms with Crippen LogP contribution < -0.4 is 0 Å². The lowest BCUT2D eigenvalue weighted by atomic mass is 10.1. The highest BCUT2D eigenvalue weighted by Gasteiger charge is 1.96. The van der Waals surface area contributed by atoms with Crippen LogP contribution in [0.15, 0.2) is 52.7 Å². The van der Waals surface area contributed by atoms with Crippen LogP contribution in [0.2, 0.25) is 0 Å². The second-order valence-corrected chi connectivity index (χ2v) is 5.34. The van der Waals surface area contributed by atoms with Crippen molar-refractivity contribution in [1.29, 1.82) is 0 Å².